The number of likely N-dealkylation sites (tertiary alicyclic amines) is 1. The molecule has 1 saturated heterocycles. The second kappa shape index (κ2) is 10.8. The third kappa shape index (κ3) is 6.79. The normalized spacial score (nSPS) is 17.2. The highest BCUT2D eigenvalue weighted by atomic mass is 19.4. The molecule has 1 fully saturated rings. The molecule has 37 heavy (non-hydrogen) atoms. The second-order valence-corrected chi connectivity index (χ2v) is 9.48. The Balaban J connectivity index is 1.59. The lowest BCUT2D eigenvalue weighted by molar-refractivity contribution is -0.274. The van der Waals surface area contributed by atoms with Crippen molar-refractivity contribution in [2.24, 2.45) is 0 Å². The van der Waals surface area contributed by atoms with Crippen molar-refractivity contribution in [1.82, 2.24) is 25.5 Å². The molecule has 0 radical (unpaired) electrons. The number of carbonyl (C=O) groups excluding carboxylic acids is 2. The zero-order valence-electron chi connectivity index (χ0n) is 20.9. The van der Waals surface area contributed by atoms with Gasteiger partial charge in [-0.05, 0) is 65.0 Å². The molecule has 3 N–H and O–H groups in total. The highest BCUT2D eigenvalue weighted by molar-refractivity contribution is 5.95. The summed E-state index contributed by atoms with van der Waals surface area (Å²) in [5.74, 6) is -0.706. The van der Waals surface area contributed by atoms with Gasteiger partial charge in [-0.15, -0.1) is 13.2 Å². The maximum atomic E-state index is 13.2. The van der Waals surface area contributed by atoms with Crippen molar-refractivity contribution in [2.75, 3.05) is 36.9 Å². The number of aromatic nitrogens is 2. The lowest BCUT2D eigenvalue weighted by atomic mass is 10.0. The van der Waals surface area contributed by atoms with E-state index in [-0.39, 0.29) is 48.3 Å². The lowest BCUT2D eigenvalue weighted by Crippen LogP contribution is -2.43. The van der Waals surface area contributed by atoms with E-state index in [0.717, 1.165) is 32.0 Å². The lowest BCUT2D eigenvalue weighted by Gasteiger charge is -2.29. The number of halogens is 3. The molecule has 2 aliphatic rings. The molecule has 0 atom stereocenters. The molecular weight excluding hydrogens is 491 g/mol. The fourth-order valence-corrected chi connectivity index (χ4v) is 4.26. The largest absolute Gasteiger partial charge is 0.573 e. The maximum Gasteiger partial charge on any atom is 0.573 e. The number of hydrogen-bond acceptors (Lipinski definition) is 8. The molecule has 0 spiro atoms. The van der Waals surface area contributed by atoms with E-state index in [2.05, 4.69) is 35.6 Å². The summed E-state index contributed by atoms with van der Waals surface area (Å²) in [4.78, 5) is 37.4. The zero-order valence-corrected chi connectivity index (χ0v) is 20.9. The summed E-state index contributed by atoms with van der Waals surface area (Å²) in [6, 6.07) is 3.68. The van der Waals surface area contributed by atoms with Gasteiger partial charge in [-0.1, -0.05) is 0 Å². The minimum atomic E-state index is -4.98. The first kappa shape index (κ1) is 26.5. The van der Waals surface area contributed by atoms with Gasteiger partial charge in [-0.2, -0.15) is 4.98 Å². The Bertz CT molecular complexity index is 1150. The molecule has 0 bridgehead atoms. The number of rotatable bonds is 6. The second-order valence-electron chi connectivity index (χ2n) is 9.48. The van der Waals surface area contributed by atoms with Crippen LogP contribution in [0.2, 0.25) is 0 Å². The standard InChI is InChI=1S/C24H30F3N7O3/c1-14(2)34-13-20(35)28-11-16-12-29-23(32-21(16)34)31-18-5-4-15(10-19(18)37-24(25,26)27)22(36)30-17-6-8-33(3)9-7-17/h4-5,10,12,14,17H,6-9,11,13H2,1-3H3,(H,28,35)(H,30,36)(H,29,31,32). The predicted molar refractivity (Wildman–Crippen MR) is 131 cm³/mol. The summed E-state index contributed by atoms with van der Waals surface area (Å²) in [6.07, 6.45) is -1.94. The van der Waals surface area contributed by atoms with E-state index in [1.165, 1.54) is 18.3 Å². The SMILES string of the molecule is CC(C)N1CC(=O)NCc2cnc(Nc3ccc(C(=O)NC4CCN(C)CC4)cc3OC(F)(F)F)nc21. The van der Waals surface area contributed by atoms with E-state index >= 15 is 0 Å². The Labute approximate surface area is 212 Å². The number of amides is 2. The van der Waals surface area contributed by atoms with Gasteiger partial charge in [0.1, 0.15) is 5.82 Å². The molecule has 0 saturated carbocycles. The van der Waals surface area contributed by atoms with Crippen molar-refractivity contribution in [2.45, 2.75) is 51.7 Å². The molecule has 1 aromatic heterocycles. The van der Waals surface area contributed by atoms with Crippen LogP contribution in [-0.4, -0.2) is 71.8 Å². The predicted octanol–water partition coefficient (Wildman–Crippen LogP) is 2.79. The van der Waals surface area contributed by atoms with Crippen LogP contribution in [0.5, 0.6) is 5.75 Å². The van der Waals surface area contributed by atoms with Crippen LogP contribution in [0.25, 0.3) is 0 Å². The molecule has 1 aromatic carbocycles. The number of nitrogens with zero attached hydrogens (tertiary/aromatic N) is 4. The van der Waals surface area contributed by atoms with Crippen LogP contribution in [0.4, 0.5) is 30.6 Å². The Kier molecular flexibility index (Phi) is 7.71. The third-order valence-corrected chi connectivity index (χ3v) is 6.30. The molecular formula is C24H30F3N7O3. The molecule has 0 aliphatic carbocycles. The monoisotopic (exact) mass is 521 g/mol. The average Bonchev–Trinajstić information content (AvgIpc) is 2.99. The van der Waals surface area contributed by atoms with Crippen LogP contribution in [0, 0.1) is 0 Å². The van der Waals surface area contributed by atoms with Crippen molar-refractivity contribution in [3.8, 4) is 5.75 Å². The molecule has 3 heterocycles. The van der Waals surface area contributed by atoms with Crippen molar-refractivity contribution in [3.05, 3.63) is 35.5 Å². The summed E-state index contributed by atoms with van der Waals surface area (Å²) in [7, 11) is 2.00. The molecule has 2 aromatic rings. The average molecular weight is 522 g/mol. The molecule has 10 nitrogen and oxygen atoms in total. The van der Waals surface area contributed by atoms with Crippen LogP contribution < -0.4 is 25.6 Å². The summed E-state index contributed by atoms with van der Waals surface area (Å²) in [5.41, 5.74) is 0.659. The van der Waals surface area contributed by atoms with E-state index in [0.29, 0.717) is 11.4 Å². The van der Waals surface area contributed by atoms with Gasteiger partial charge in [0.2, 0.25) is 11.9 Å². The number of carbonyl (C=O) groups is 2. The first-order valence-electron chi connectivity index (χ1n) is 12.0. The summed E-state index contributed by atoms with van der Waals surface area (Å²) >= 11 is 0. The zero-order chi connectivity index (χ0) is 26.7. The van der Waals surface area contributed by atoms with Gasteiger partial charge in [0.25, 0.3) is 5.91 Å². The van der Waals surface area contributed by atoms with Gasteiger partial charge < -0.3 is 30.5 Å². The molecule has 2 amide bonds. The summed E-state index contributed by atoms with van der Waals surface area (Å²) in [5, 5.41) is 8.43. The fraction of sp³-hybridized carbons (Fsp3) is 0.500. The number of ether oxygens (including phenoxy) is 1. The van der Waals surface area contributed by atoms with E-state index in [9.17, 15) is 22.8 Å². The number of hydrogen-bond donors (Lipinski definition) is 3. The van der Waals surface area contributed by atoms with Crippen LogP contribution in [-0.2, 0) is 11.3 Å². The number of benzene rings is 1. The fourth-order valence-electron chi connectivity index (χ4n) is 4.26. The van der Waals surface area contributed by atoms with Crippen molar-refractivity contribution < 1.29 is 27.5 Å². The number of nitrogens with one attached hydrogen (secondary N) is 3. The highest BCUT2D eigenvalue weighted by Gasteiger charge is 2.33. The van der Waals surface area contributed by atoms with E-state index in [4.69, 9.17) is 0 Å². The number of fused-ring (bicyclic) bond motifs is 1. The van der Waals surface area contributed by atoms with E-state index in [1.807, 2.05) is 20.9 Å². The van der Waals surface area contributed by atoms with Gasteiger partial charge in [0, 0.05) is 36.0 Å². The summed E-state index contributed by atoms with van der Waals surface area (Å²) < 4.78 is 43.9. The Morgan fingerprint density at radius 1 is 1.24 bits per heavy atom. The van der Waals surface area contributed by atoms with Crippen LogP contribution in [0.1, 0.15) is 42.6 Å². The molecule has 2 aliphatic heterocycles. The molecule has 13 heteroatoms. The smallest absolute Gasteiger partial charge is 0.404 e. The Hall–Kier alpha value is -3.61. The minimum absolute atomic E-state index is 0.0225. The topological polar surface area (TPSA) is 112 Å². The maximum absolute atomic E-state index is 13.2. The van der Waals surface area contributed by atoms with Crippen molar-refractivity contribution in [3.63, 3.8) is 0 Å². The minimum Gasteiger partial charge on any atom is -0.404 e. The molecule has 200 valence electrons. The van der Waals surface area contributed by atoms with Gasteiger partial charge in [0.15, 0.2) is 5.75 Å². The van der Waals surface area contributed by atoms with E-state index in [1.54, 1.807) is 4.90 Å². The molecule has 0 unspecified atom stereocenters. The number of piperidine rings is 1. The number of anilines is 3. The van der Waals surface area contributed by atoms with Crippen LogP contribution in [0.3, 0.4) is 0 Å². The van der Waals surface area contributed by atoms with Crippen LogP contribution >= 0.6 is 0 Å². The van der Waals surface area contributed by atoms with Crippen molar-refractivity contribution >= 4 is 29.3 Å². The molecule has 4 rings (SSSR count). The van der Waals surface area contributed by atoms with Gasteiger partial charge in [0.05, 0.1) is 12.2 Å². The first-order valence-corrected chi connectivity index (χ1v) is 12.0. The highest BCUT2D eigenvalue weighted by Crippen LogP contribution is 2.34. The summed E-state index contributed by atoms with van der Waals surface area (Å²) in [6.45, 7) is 5.79. The van der Waals surface area contributed by atoms with Gasteiger partial charge in [-0.25, -0.2) is 4.98 Å². The quantitative estimate of drug-likeness (QED) is 0.532. The number of alkyl halides is 3. The van der Waals surface area contributed by atoms with Gasteiger partial charge >= 0.3 is 6.36 Å². The Morgan fingerprint density at radius 2 is 1.97 bits per heavy atom. The van der Waals surface area contributed by atoms with Crippen molar-refractivity contribution in [1.29, 1.82) is 0 Å². The Morgan fingerprint density at radius 3 is 2.65 bits per heavy atom. The van der Waals surface area contributed by atoms with Crippen LogP contribution in [0.15, 0.2) is 24.4 Å². The third-order valence-electron chi connectivity index (χ3n) is 6.30. The first-order chi connectivity index (χ1) is 17.5. The van der Waals surface area contributed by atoms with E-state index < -0.39 is 18.0 Å². The van der Waals surface area contributed by atoms with Gasteiger partial charge in [-0.3, -0.25) is 9.59 Å².